The average Bonchev–Trinajstić information content (AvgIpc) is 3.08. The van der Waals surface area contributed by atoms with Gasteiger partial charge in [-0.15, -0.1) is 0 Å². The first-order chi connectivity index (χ1) is 19.8. The maximum absolute atomic E-state index is 13.1. The fraction of sp³-hybridized carbons (Fsp3) is 0.921. The van der Waals surface area contributed by atoms with Crippen LogP contribution in [0.1, 0.15) is 132 Å². The molecule has 4 heteroatoms. The molecule has 4 nitrogen and oxygen atoms in total. The fourth-order valence-corrected chi connectivity index (χ4v) is 13.0. The van der Waals surface area contributed by atoms with Gasteiger partial charge in [0.1, 0.15) is 6.10 Å². The Morgan fingerprint density at radius 1 is 0.786 bits per heavy atom. The lowest BCUT2D eigenvalue weighted by atomic mass is 9.42. The topological polar surface area (TPSA) is 38.8 Å². The molecule has 1 aliphatic heterocycles. The van der Waals surface area contributed by atoms with Crippen molar-refractivity contribution in [2.75, 3.05) is 26.7 Å². The summed E-state index contributed by atoms with van der Waals surface area (Å²) in [5, 5.41) is 0. The number of nitrogens with zero attached hydrogens (tertiary/aromatic N) is 1. The monoisotopic (exact) mass is 581 g/mol. The van der Waals surface area contributed by atoms with Gasteiger partial charge < -0.3 is 9.47 Å². The Bertz CT molecular complexity index is 1060. The van der Waals surface area contributed by atoms with E-state index in [2.05, 4.69) is 59.4 Å². The Labute approximate surface area is 258 Å². The number of rotatable bonds is 4. The van der Waals surface area contributed by atoms with Gasteiger partial charge in [-0.3, -0.25) is 9.69 Å². The van der Waals surface area contributed by atoms with Crippen LogP contribution < -0.4 is 0 Å². The van der Waals surface area contributed by atoms with Gasteiger partial charge in [0.25, 0.3) is 0 Å². The van der Waals surface area contributed by atoms with E-state index in [9.17, 15) is 4.79 Å². The highest BCUT2D eigenvalue weighted by molar-refractivity contribution is 5.72. The Hall–Kier alpha value is -0.870. The largest absolute Gasteiger partial charge is 0.461 e. The molecule has 238 valence electrons. The van der Waals surface area contributed by atoms with Crippen LogP contribution in [-0.4, -0.2) is 49.8 Å². The van der Waals surface area contributed by atoms with Crippen LogP contribution in [0.3, 0.4) is 0 Å². The van der Waals surface area contributed by atoms with E-state index < -0.39 is 0 Å². The molecule has 0 bridgehead atoms. The summed E-state index contributed by atoms with van der Waals surface area (Å²) in [6.45, 7) is 20.4. The number of likely N-dealkylation sites (tertiary alicyclic amines) is 1. The normalized spacial score (nSPS) is 46.6. The molecule has 1 saturated heterocycles. The van der Waals surface area contributed by atoms with Crippen LogP contribution in [0.2, 0.25) is 0 Å². The zero-order valence-corrected chi connectivity index (χ0v) is 28.5. The summed E-state index contributed by atoms with van der Waals surface area (Å²) < 4.78 is 12.4. The van der Waals surface area contributed by atoms with Crippen LogP contribution >= 0.6 is 0 Å². The minimum Gasteiger partial charge on any atom is -0.461 e. The van der Waals surface area contributed by atoms with Crippen LogP contribution in [0.25, 0.3) is 0 Å². The molecule has 0 N–H and O–H groups in total. The number of carbonyl (C=O) groups excluding carboxylic acids is 1. The number of methoxy groups -OCH3 is 1. The molecule has 6 rings (SSSR count). The number of esters is 1. The highest BCUT2D eigenvalue weighted by Gasteiger charge is 2.63. The Balaban J connectivity index is 1.21. The third kappa shape index (κ3) is 4.87. The predicted molar refractivity (Wildman–Crippen MR) is 171 cm³/mol. The van der Waals surface area contributed by atoms with Gasteiger partial charge in [0, 0.05) is 12.5 Å². The second kappa shape index (κ2) is 10.9. The number of ether oxygens (including phenoxy) is 2. The predicted octanol–water partition coefficient (Wildman–Crippen LogP) is 8.83. The molecular formula is C38H63NO3. The fourth-order valence-electron chi connectivity index (χ4n) is 13.0. The molecule has 0 spiro atoms. The lowest BCUT2D eigenvalue weighted by Gasteiger charge is -2.64. The molecule has 5 aliphatic carbocycles. The molecule has 9 atom stereocenters. The van der Waals surface area contributed by atoms with E-state index in [0.29, 0.717) is 40.7 Å². The van der Waals surface area contributed by atoms with Crippen molar-refractivity contribution < 1.29 is 14.3 Å². The number of piperidine rings is 1. The van der Waals surface area contributed by atoms with Crippen molar-refractivity contribution in [2.45, 2.75) is 144 Å². The first-order valence-electron chi connectivity index (χ1n) is 17.9. The van der Waals surface area contributed by atoms with Gasteiger partial charge >= 0.3 is 5.97 Å². The van der Waals surface area contributed by atoms with Crippen molar-refractivity contribution in [3.8, 4) is 0 Å². The molecule has 42 heavy (non-hydrogen) atoms. The lowest BCUT2D eigenvalue weighted by molar-refractivity contribution is -0.178. The van der Waals surface area contributed by atoms with Gasteiger partial charge in [0.2, 0.25) is 0 Å². The summed E-state index contributed by atoms with van der Waals surface area (Å²) in [5.74, 6) is 2.77. The maximum Gasteiger partial charge on any atom is 0.320 e. The van der Waals surface area contributed by atoms with Gasteiger partial charge in [-0.25, -0.2) is 0 Å². The number of carbonyl (C=O) groups is 1. The SMILES string of the molecule is CO[C@H]1CC[C@@]2(C)[C@@H](CC[C@@]3(C)CC4=CC[C@H]5C(C)(C)[C@H](OC(=O)CN6CCCCC6)CC[C@]5(C)[C@H]4CC[C@@H]32)C1(C)C. The molecular weight excluding hydrogens is 518 g/mol. The van der Waals surface area contributed by atoms with Crippen molar-refractivity contribution >= 4 is 5.97 Å². The summed E-state index contributed by atoms with van der Waals surface area (Å²) in [6, 6.07) is 0. The Kier molecular flexibility index (Phi) is 8.07. The van der Waals surface area contributed by atoms with Gasteiger partial charge in [-0.1, -0.05) is 66.5 Å². The van der Waals surface area contributed by atoms with Crippen molar-refractivity contribution in [1.29, 1.82) is 0 Å². The third-order valence-corrected chi connectivity index (χ3v) is 15.2. The molecule has 0 aromatic carbocycles. The van der Waals surface area contributed by atoms with Crippen molar-refractivity contribution in [3.63, 3.8) is 0 Å². The average molecular weight is 582 g/mol. The second-order valence-corrected chi connectivity index (χ2v) is 17.9. The zero-order chi connectivity index (χ0) is 30.1. The van der Waals surface area contributed by atoms with Crippen molar-refractivity contribution in [3.05, 3.63) is 11.6 Å². The van der Waals surface area contributed by atoms with Crippen molar-refractivity contribution in [1.82, 2.24) is 4.90 Å². The summed E-state index contributed by atoms with van der Waals surface area (Å²) in [7, 11) is 1.94. The lowest BCUT2D eigenvalue weighted by Crippen LogP contribution is -2.58. The Morgan fingerprint density at radius 2 is 1.45 bits per heavy atom. The minimum absolute atomic E-state index is 0.00477. The van der Waals surface area contributed by atoms with Crippen molar-refractivity contribution in [2.24, 2.45) is 50.7 Å². The molecule has 0 unspecified atom stereocenters. The smallest absolute Gasteiger partial charge is 0.320 e. The van der Waals surface area contributed by atoms with E-state index in [1.165, 1.54) is 70.6 Å². The van der Waals surface area contributed by atoms with Gasteiger partial charge in [0.05, 0.1) is 12.6 Å². The van der Waals surface area contributed by atoms with E-state index in [4.69, 9.17) is 9.47 Å². The summed E-state index contributed by atoms with van der Waals surface area (Å²) in [4.78, 5) is 15.4. The standard InChI is InChI=1S/C38H63NO3/c1-34(2)29-16-19-36(5)24-26-12-14-28-35(3,4)32(42-33(40)25-39-22-10-9-11-23-39)18-20-37(28,6)27(26)13-15-30(36)38(29,7)21-17-31(34)41-8/h12,27-32H,9-11,13-25H2,1-8H3/t27-,28-,29-,30-,31-,32+,36-,37+,38-/m0/s1. The molecule has 0 radical (unpaired) electrons. The highest BCUT2D eigenvalue weighted by Crippen LogP contribution is 2.70. The molecule has 6 aliphatic rings. The number of allylic oxidation sites excluding steroid dienone is 2. The summed E-state index contributed by atoms with van der Waals surface area (Å²) in [6.07, 6.45) is 19.5. The van der Waals surface area contributed by atoms with E-state index in [1.807, 2.05) is 7.11 Å². The third-order valence-electron chi connectivity index (χ3n) is 15.2. The molecule has 4 saturated carbocycles. The van der Waals surface area contributed by atoms with Crippen LogP contribution in [0.15, 0.2) is 11.6 Å². The first-order valence-corrected chi connectivity index (χ1v) is 17.9. The molecule has 0 aromatic heterocycles. The van der Waals surface area contributed by atoms with Gasteiger partial charge in [-0.05, 0) is 135 Å². The van der Waals surface area contributed by atoms with Crippen LogP contribution in [-0.2, 0) is 14.3 Å². The Morgan fingerprint density at radius 3 is 2.17 bits per heavy atom. The zero-order valence-electron chi connectivity index (χ0n) is 28.5. The minimum atomic E-state index is -0.00477. The molecule has 5 fully saturated rings. The second-order valence-electron chi connectivity index (χ2n) is 17.9. The maximum atomic E-state index is 13.1. The van der Waals surface area contributed by atoms with E-state index in [0.717, 1.165) is 37.8 Å². The number of fused-ring (bicyclic) bond motifs is 6. The molecule has 1 heterocycles. The molecule has 0 amide bonds. The number of hydrogen-bond acceptors (Lipinski definition) is 4. The van der Waals surface area contributed by atoms with Crippen LogP contribution in [0.5, 0.6) is 0 Å². The van der Waals surface area contributed by atoms with Crippen LogP contribution in [0.4, 0.5) is 0 Å². The molecule has 0 aromatic rings. The number of hydrogen-bond donors (Lipinski definition) is 0. The van der Waals surface area contributed by atoms with Gasteiger partial charge in [-0.2, -0.15) is 0 Å². The summed E-state index contributed by atoms with van der Waals surface area (Å²) >= 11 is 0. The van der Waals surface area contributed by atoms with Gasteiger partial charge in [0.15, 0.2) is 0 Å². The van der Waals surface area contributed by atoms with E-state index in [-0.39, 0.29) is 22.9 Å². The quantitative estimate of drug-likeness (QED) is 0.246. The first kappa shape index (κ1) is 31.1. The van der Waals surface area contributed by atoms with E-state index >= 15 is 0 Å². The highest BCUT2D eigenvalue weighted by atomic mass is 16.5. The van der Waals surface area contributed by atoms with E-state index in [1.54, 1.807) is 5.57 Å². The summed E-state index contributed by atoms with van der Waals surface area (Å²) in [5.41, 5.74) is 3.13. The van der Waals surface area contributed by atoms with Crippen LogP contribution in [0, 0.1) is 50.7 Å².